The SMILES string of the molecule is CC(NC(=O)OCC1c2ccccc2-c2ccccc21)C(C)C(=O)NC1CCCC1C(=O)O. The molecule has 4 unspecified atom stereocenters. The molecule has 2 aromatic carbocycles. The van der Waals surface area contributed by atoms with Gasteiger partial charge in [0.05, 0.1) is 11.8 Å². The molecule has 3 N–H and O–H groups in total. The van der Waals surface area contributed by atoms with Crippen LogP contribution in [0.1, 0.15) is 50.2 Å². The van der Waals surface area contributed by atoms with Gasteiger partial charge in [0.1, 0.15) is 6.61 Å². The van der Waals surface area contributed by atoms with Gasteiger partial charge in [0.2, 0.25) is 5.91 Å². The van der Waals surface area contributed by atoms with Gasteiger partial charge in [-0.3, -0.25) is 9.59 Å². The average molecular weight is 451 g/mol. The van der Waals surface area contributed by atoms with Crippen LogP contribution in [0.4, 0.5) is 4.79 Å². The molecule has 4 rings (SSSR count). The van der Waals surface area contributed by atoms with Crippen LogP contribution in [-0.4, -0.2) is 41.8 Å². The van der Waals surface area contributed by atoms with Crippen LogP contribution < -0.4 is 10.6 Å². The first-order valence-corrected chi connectivity index (χ1v) is 11.5. The van der Waals surface area contributed by atoms with Gasteiger partial charge in [-0.25, -0.2) is 4.79 Å². The Labute approximate surface area is 193 Å². The van der Waals surface area contributed by atoms with Crippen LogP contribution in [0.15, 0.2) is 48.5 Å². The molecule has 0 aromatic heterocycles. The van der Waals surface area contributed by atoms with Crippen molar-refractivity contribution in [3.05, 3.63) is 59.7 Å². The summed E-state index contributed by atoms with van der Waals surface area (Å²) in [7, 11) is 0. The average Bonchev–Trinajstić information content (AvgIpc) is 3.39. The molecule has 174 valence electrons. The molecule has 4 atom stereocenters. The molecule has 7 heteroatoms. The van der Waals surface area contributed by atoms with E-state index in [2.05, 4.69) is 34.9 Å². The minimum Gasteiger partial charge on any atom is -0.481 e. The fraction of sp³-hybridized carbons (Fsp3) is 0.423. The lowest BCUT2D eigenvalue weighted by Gasteiger charge is -2.24. The van der Waals surface area contributed by atoms with Gasteiger partial charge in [0.25, 0.3) is 0 Å². The molecule has 33 heavy (non-hydrogen) atoms. The Kier molecular flexibility index (Phi) is 6.67. The number of rotatable bonds is 7. The van der Waals surface area contributed by atoms with E-state index < -0.39 is 29.9 Å². The number of hydrogen-bond acceptors (Lipinski definition) is 4. The number of aliphatic carboxylic acids is 1. The lowest BCUT2D eigenvalue weighted by atomic mass is 9.98. The summed E-state index contributed by atoms with van der Waals surface area (Å²) in [6.45, 7) is 3.67. The van der Waals surface area contributed by atoms with Crippen molar-refractivity contribution in [3.63, 3.8) is 0 Å². The molecular weight excluding hydrogens is 420 g/mol. The van der Waals surface area contributed by atoms with Crippen LogP contribution >= 0.6 is 0 Å². The molecule has 7 nitrogen and oxygen atoms in total. The highest BCUT2D eigenvalue weighted by molar-refractivity contribution is 5.82. The number of amides is 2. The number of carboxylic acid groups (broad SMARTS) is 1. The highest BCUT2D eigenvalue weighted by atomic mass is 16.5. The van der Waals surface area contributed by atoms with Crippen LogP contribution in [0.2, 0.25) is 0 Å². The second-order valence-electron chi connectivity index (χ2n) is 9.04. The summed E-state index contributed by atoms with van der Waals surface area (Å²) in [6, 6.07) is 15.4. The second kappa shape index (κ2) is 9.65. The largest absolute Gasteiger partial charge is 0.481 e. The molecule has 2 aliphatic carbocycles. The number of nitrogens with one attached hydrogen (secondary N) is 2. The lowest BCUT2D eigenvalue weighted by Crippen LogP contribution is -2.48. The van der Waals surface area contributed by atoms with E-state index >= 15 is 0 Å². The normalized spacial score (nSPS) is 20.9. The second-order valence-corrected chi connectivity index (χ2v) is 9.04. The molecule has 1 fully saturated rings. The monoisotopic (exact) mass is 450 g/mol. The van der Waals surface area contributed by atoms with Gasteiger partial charge in [0, 0.05) is 18.0 Å². The Bertz CT molecular complexity index is 1010. The van der Waals surface area contributed by atoms with Crippen molar-refractivity contribution in [2.24, 2.45) is 11.8 Å². The molecular formula is C26H30N2O5. The topological polar surface area (TPSA) is 105 Å². The summed E-state index contributed by atoms with van der Waals surface area (Å²) >= 11 is 0. The number of carboxylic acids is 1. The summed E-state index contributed by atoms with van der Waals surface area (Å²) in [6.07, 6.45) is 1.43. The summed E-state index contributed by atoms with van der Waals surface area (Å²) < 4.78 is 5.56. The maximum atomic E-state index is 12.6. The number of ether oxygens (including phenoxy) is 1. The van der Waals surface area contributed by atoms with E-state index in [-0.39, 0.29) is 24.5 Å². The number of benzene rings is 2. The third-order valence-corrected chi connectivity index (χ3v) is 7.01. The molecule has 0 spiro atoms. The van der Waals surface area contributed by atoms with Crippen molar-refractivity contribution >= 4 is 18.0 Å². The van der Waals surface area contributed by atoms with Crippen LogP contribution in [0, 0.1) is 11.8 Å². The van der Waals surface area contributed by atoms with E-state index in [0.29, 0.717) is 12.8 Å². The first-order chi connectivity index (χ1) is 15.9. The zero-order chi connectivity index (χ0) is 23.5. The number of carbonyl (C=O) groups excluding carboxylic acids is 2. The first kappa shape index (κ1) is 22.8. The molecule has 0 heterocycles. The molecule has 0 saturated heterocycles. The van der Waals surface area contributed by atoms with Gasteiger partial charge >= 0.3 is 12.1 Å². The Morgan fingerprint density at radius 1 is 1.00 bits per heavy atom. The third-order valence-electron chi connectivity index (χ3n) is 7.01. The number of alkyl carbamates (subject to hydrolysis) is 1. The molecule has 0 aliphatic heterocycles. The fourth-order valence-corrected chi connectivity index (χ4v) is 4.92. The van der Waals surface area contributed by atoms with Crippen molar-refractivity contribution in [1.82, 2.24) is 10.6 Å². The van der Waals surface area contributed by atoms with E-state index in [1.807, 2.05) is 24.3 Å². The van der Waals surface area contributed by atoms with E-state index in [4.69, 9.17) is 4.74 Å². The van der Waals surface area contributed by atoms with Gasteiger partial charge in [-0.15, -0.1) is 0 Å². The Morgan fingerprint density at radius 3 is 2.21 bits per heavy atom. The molecule has 0 radical (unpaired) electrons. The highest BCUT2D eigenvalue weighted by Crippen LogP contribution is 2.44. The summed E-state index contributed by atoms with van der Waals surface area (Å²) in [4.78, 5) is 36.5. The van der Waals surface area contributed by atoms with Gasteiger partial charge in [-0.1, -0.05) is 61.9 Å². The molecule has 2 aromatic rings. The maximum Gasteiger partial charge on any atom is 0.407 e. The number of fused-ring (bicyclic) bond motifs is 3. The van der Waals surface area contributed by atoms with Gasteiger partial charge in [-0.2, -0.15) is 0 Å². The van der Waals surface area contributed by atoms with Gasteiger partial charge < -0.3 is 20.5 Å². The van der Waals surface area contributed by atoms with E-state index in [1.165, 1.54) is 0 Å². The summed E-state index contributed by atoms with van der Waals surface area (Å²) in [5.41, 5.74) is 4.59. The third kappa shape index (κ3) is 4.72. The minimum atomic E-state index is -0.879. The van der Waals surface area contributed by atoms with Crippen LogP contribution in [0.5, 0.6) is 0 Å². The molecule has 1 saturated carbocycles. The lowest BCUT2D eigenvalue weighted by molar-refractivity contribution is -0.142. The van der Waals surface area contributed by atoms with Crippen molar-refractivity contribution in [2.75, 3.05) is 6.61 Å². The Balaban J connectivity index is 1.32. The molecule has 0 bridgehead atoms. The van der Waals surface area contributed by atoms with Gasteiger partial charge in [0.15, 0.2) is 0 Å². The van der Waals surface area contributed by atoms with Crippen LogP contribution in [-0.2, 0) is 14.3 Å². The highest BCUT2D eigenvalue weighted by Gasteiger charge is 2.35. The Hall–Kier alpha value is -3.35. The van der Waals surface area contributed by atoms with Crippen molar-refractivity contribution < 1.29 is 24.2 Å². The predicted octanol–water partition coefficient (Wildman–Crippen LogP) is 3.92. The smallest absolute Gasteiger partial charge is 0.407 e. The van der Waals surface area contributed by atoms with Gasteiger partial charge in [-0.05, 0) is 42.0 Å². The molecule has 2 aliphatic rings. The maximum absolute atomic E-state index is 12.6. The predicted molar refractivity (Wildman–Crippen MR) is 124 cm³/mol. The standard InChI is InChI=1S/C26H30N2O5/c1-15(24(29)28-23-13-7-12-21(23)25(30)31)16(2)27-26(32)33-14-22-19-10-5-3-8-17(19)18-9-4-6-11-20(18)22/h3-6,8-11,15-16,21-23H,7,12-14H2,1-2H3,(H,27,32)(H,28,29)(H,30,31). The summed E-state index contributed by atoms with van der Waals surface area (Å²) in [5.74, 6) is -2.25. The van der Waals surface area contributed by atoms with Crippen LogP contribution in [0.3, 0.4) is 0 Å². The quantitative estimate of drug-likeness (QED) is 0.593. The van der Waals surface area contributed by atoms with E-state index in [9.17, 15) is 19.5 Å². The van der Waals surface area contributed by atoms with E-state index in [0.717, 1.165) is 28.7 Å². The molecule has 2 amide bonds. The minimum absolute atomic E-state index is 0.0329. The zero-order valence-electron chi connectivity index (χ0n) is 18.9. The van der Waals surface area contributed by atoms with Crippen LogP contribution in [0.25, 0.3) is 11.1 Å². The first-order valence-electron chi connectivity index (χ1n) is 11.5. The fourth-order valence-electron chi connectivity index (χ4n) is 4.92. The Morgan fingerprint density at radius 2 is 1.61 bits per heavy atom. The number of carbonyl (C=O) groups is 3. The number of hydrogen-bond donors (Lipinski definition) is 3. The zero-order valence-corrected chi connectivity index (χ0v) is 18.9. The van der Waals surface area contributed by atoms with E-state index in [1.54, 1.807) is 13.8 Å². The van der Waals surface area contributed by atoms with Crippen molar-refractivity contribution in [1.29, 1.82) is 0 Å². The van der Waals surface area contributed by atoms with Crippen molar-refractivity contribution in [3.8, 4) is 11.1 Å². The summed E-state index contributed by atoms with van der Waals surface area (Å²) in [5, 5.41) is 14.9. The van der Waals surface area contributed by atoms with Crippen molar-refractivity contribution in [2.45, 2.75) is 51.1 Å².